The molecule has 0 saturated carbocycles. The molecule has 3 rings (SSSR count). The zero-order valence-corrected chi connectivity index (χ0v) is 13.3. The SMILES string of the molecule is CC1CCN(c2ccc(C(F)(F)F)cc2-c2ccc(C=O)o2)CC1. The summed E-state index contributed by atoms with van der Waals surface area (Å²) in [5.74, 6) is 0.988. The number of rotatable bonds is 3. The highest BCUT2D eigenvalue weighted by molar-refractivity contribution is 5.79. The van der Waals surface area contributed by atoms with Crippen LogP contribution in [0.2, 0.25) is 0 Å². The van der Waals surface area contributed by atoms with Gasteiger partial charge in [-0.3, -0.25) is 4.79 Å². The molecule has 1 aliphatic rings. The van der Waals surface area contributed by atoms with Gasteiger partial charge >= 0.3 is 6.18 Å². The average Bonchev–Trinajstić information content (AvgIpc) is 3.03. The van der Waals surface area contributed by atoms with Crippen molar-refractivity contribution in [2.45, 2.75) is 25.9 Å². The largest absolute Gasteiger partial charge is 0.453 e. The fraction of sp³-hybridized carbons (Fsp3) is 0.389. The monoisotopic (exact) mass is 337 g/mol. The van der Waals surface area contributed by atoms with Crippen molar-refractivity contribution >= 4 is 12.0 Å². The normalized spacial score (nSPS) is 16.4. The highest BCUT2D eigenvalue weighted by Gasteiger charge is 2.32. The molecule has 0 unspecified atom stereocenters. The molecule has 1 saturated heterocycles. The molecule has 0 bridgehead atoms. The van der Waals surface area contributed by atoms with Gasteiger partial charge in [0.25, 0.3) is 0 Å². The van der Waals surface area contributed by atoms with E-state index in [0.29, 0.717) is 23.5 Å². The molecule has 24 heavy (non-hydrogen) atoms. The number of hydrogen-bond donors (Lipinski definition) is 0. The van der Waals surface area contributed by atoms with E-state index < -0.39 is 11.7 Å². The summed E-state index contributed by atoms with van der Waals surface area (Å²) in [6.45, 7) is 3.76. The Kier molecular flexibility index (Phi) is 4.39. The standard InChI is InChI=1S/C18H18F3NO2/c1-12-6-8-22(9-7-12)16-4-2-13(18(19,20)21)10-15(16)17-5-3-14(11-23)24-17/h2-5,10-12H,6-9H2,1H3. The van der Waals surface area contributed by atoms with Crippen LogP contribution in [-0.2, 0) is 6.18 Å². The van der Waals surface area contributed by atoms with Gasteiger partial charge < -0.3 is 9.32 Å². The second kappa shape index (κ2) is 6.34. The van der Waals surface area contributed by atoms with Crippen molar-refractivity contribution in [2.24, 2.45) is 5.92 Å². The van der Waals surface area contributed by atoms with Crippen molar-refractivity contribution in [2.75, 3.05) is 18.0 Å². The first-order valence-electron chi connectivity index (χ1n) is 7.90. The lowest BCUT2D eigenvalue weighted by atomic mass is 9.97. The molecule has 3 nitrogen and oxygen atoms in total. The molecule has 0 aliphatic carbocycles. The summed E-state index contributed by atoms with van der Waals surface area (Å²) in [5, 5.41) is 0. The van der Waals surface area contributed by atoms with Crippen LogP contribution in [0.4, 0.5) is 18.9 Å². The quantitative estimate of drug-likeness (QED) is 0.738. The van der Waals surface area contributed by atoms with E-state index in [4.69, 9.17) is 4.42 Å². The summed E-state index contributed by atoms with van der Waals surface area (Å²) in [4.78, 5) is 12.9. The molecule has 6 heteroatoms. The van der Waals surface area contributed by atoms with Gasteiger partial charge in [0.2, 0.25) is 0 Å². The zero-order valence-electron chi connectivity index (χ0n) is 13.3. The molecule has 1 aromatic heterocycles. The Balaban J connectivity index is 2.05. The highest BCUT2D eigenvalue weighted by atomic mass is 19.4. The fourth-order valence-electron chi connectivity index (χ4n) is 3.00. The molecule has 2 aromatic rings. The predicted octanol–water partition coefficient (Wildman–Crippen LogP) is 5.01. The number of nitrogens with zero attached hydrogens (tertiary/aromatic N) is 1. The lowest BCUT2D eigenvalue weighted by Gasteiger charge is -2.33. The van der Waals surface area contributed by atoms with Gasteiger partial charge in [0.1, 0.15) is 5.76 Å². The van der Waals surface area contributed by atoms with Gasteiger partial charge in [-0.25, -0.2) is 0 Å². The van der Waals surface area contributed by atoms with E-state index in [9.17, 15) is 18.0 Å². The number of benzene rings is 1. The third-order valence-electron chi connectivity index (χ3n) is 4.46. The number of aldehydes is 1. The average molecular weight is 337 g/mol. The van der Waals surface area contributed by atoms with Crippen molar-refractivity contribution < 1.29 is 22.4 Å². The molecule has 0 amide bonds. The maximum absolute atomic E-state index is 13.1. The number of carbonyl (C=O) groups excluding carboxylic acids is 1. The number of piperidine rings is 1. The van der Waals surface area contributed by atoms with E-state index in [1.54, 1.807) is 0 Å². The van der Waals surface area contributed by atoms with Crippen LogP contribution in [-0.4, -0.2) is 19.4 Å². The van der Waals surface area contributed by atoms with E-state index >= 15 is 0 Å². The Hall–Kier alpha value is -2.24. The van der Waals surface area contributed by atoms with Gasteiger partial charge in [0.15, 0.2) is 12.0 Å². The molecule has 1 aliphatic heterocycles. The first-order chi connectivity index (χ1) is 11.4. The Bertz CT molecular complexity index is 728. The van der Waals surface area contributed by atoms with Crippen molar-refractivity contribution in [1.82, 2.24) is 0 Å². The topological polar surface area (TPSA) is 33.5 Å². The minimum atomic E-state index is -4.43. The van der Waals surface area contributed by atoms with E-state index in [2.05, 4.69) is 11.8 Å². The van der Waals surface area contributed by atoms with Crippen molar-refractivity contribution in [3.8, 4) is 11.3 Å². The van der Waals surface area contributed by atoms with Crippen molar-refractivity contribution in [3.05, 3.63) is 41.7 Å². The van der Waals surface area contributed by atoms with Crippen LogP contribution in [0.15, 0.2) is 34.7 Å². The van der Waals surface area contributed by atoms with Crippen LogP contribution in [0.25, 0.3) is 11.3 Å². The van der Waals surface area contributed by atoms with Crippen LogP contribution < -0.4 is 4.90 Å². The van der Waals surface area contributed by atoms with E-state index in [1.807, 2.05) is 0 Å². The van der Waals surface area contributed by atoms with Crippen molar-refractivity contribution in [1.29, 1.82) is 0 Å². The molecule has 0 atom stereocenters. The molecule has 1 aromatic carbocycles. The van der Waals surface area contributed by atoms with Crippen LogP contribution in [0.3, 0.4) is 0 Å². The number of furan rings is 1. The van der Waals surface area contributed by atoms with Crippen LogP contribution in [0.5, 0.6) is 0 Å². The second-order valence-electron chi connectivity index (χ2n) is 6.22. The predicted molar refractivity (Wildman–Crippen MR) is 85.1 cm³/mol. The third kappa shape index (κ3) is 3.32. The van der Waals surface area contributed by atoms with Crippen LogP contribution in [0, 0.1) is 5.92 Å². The maximum atomic E-state index is 13.1. The smallest absolute Gasteiger partial charge is 0.416 e. The minimum absolute atomic E-state index is 0.0978. The lowest BCUT2D eigenvalue weighted by Crippen LogP contribution is -2.33. The summed E-state index contributed by atoms with van der Waals surface area (Å²) in [5.41, 5.74) is 0.352. The third-order valence-corrected chi connectivity index (χ3v) is 4.46. The van der Waals surface area contributed by atoms with Crippen LogP contribution in [0.1, 0.15) is 35.9 Å². The second-order valence-corrected chi connectivity index (χ2v) is 6.22. The van der Waals surface area contributed by atoms with E-state index in [1.165, 1.54) is 18.2 Å². The summed E-state index contributed by atoms with van der Waals surface area (Å²) >= 11 is 0. The highest BCUT2D eigenvalue weighted by Crippen LogP contribution is 2.39. The zero-order chi connectivity index (χ0) is 17.3. The molecule has 2 heterocycles. The Morgan fingerprint density at radius 3 is 2.46 bits per heavy atom. The van der Waals surface area contributed by atoms with Crippen LogP contribution >= 0.6 is 0 Å². The van der Waals surface area contributed by atoms with Gasteiger partial charge in [-0.15, -0.1) is 0 Å². The number of alkyl halides is 3. The Labute approximate surface area is 138 Å². The van der Waals surface area contributed by atoms with Crippen molar-refractivity contribution in [3.63, 3.8) is 0 Å². The summed E-state index contributed by atoms with van der Waals surface area (Å²) in [7, 11) is 0. The van der Waals surface area contributed by atoms with Gasteiger partial charge in [-0.1, -0.05) is 6.92 Å². The first-order valence-corrected chi connectivity index (χ1v) is 7.90. The molecular weight excluding hydrogens is 319 g/mol. The summed E-state index contributed by atoms with van der Waals surface area (Å²) in [6, 6.07) is 6.69. The minimum Gasteiger partial charge on any atom is -0.453 e. The summed E-state index contributed by atoms with van der Waals surface area (Å²) < 4.78 is 44.6. The molecule has 1 fully saturated rings. The maximum Gasteiger partial charge on any atom is 0.416 e. The molecule has 0 N–H and O–H groups in total. The first kappa shape index (κ1) is 16.6. The van der Waals surface area contributed by atoms with E-state index in [-0.39, 0.29) is 11.5 Å². The Morgan fingerprint density at radius 1 is 1.17 bits per heavy atom. The number of anilines is 1. The number of halogens is 3. The Morgan fingerprint density at radius 2 is 1.88 bits per heavy atom. The van der Waals surface area contributed by atoms with Gasteiger partial charge in [0, 0.05) is 24.3 Å². The molecule has 128 valence electrons. The molecular formula is C18H18F3NO2. The van der Waals surface area contributed by atoms with Gasteiger partial charge in [0.05, 0.1) is 5.56 Å². The number of hydrogen-bond acceptors (Lipinski definition) is 3. The van der Waals surface area contributed by atoms with Gasteiger partial charge in [-0.05, 0) is 49.1 Å². The van der Waals surface area contributed by atoms with E-state index in [0.717, 1.165) is 38.1 Å². The molecule has 0 radical (unpaired) electrons. The molecule has 0 spiro atoms. The summed E-state index contributed by atoms with van der Waals surface area (Å²) in [6.07, 6.45) is -1.89. The number of carbonyl (C=O) groups is 1. The van der Waals surface area contributed by atoms with Gasteiger partial charge in [-0.2, -0.15) is 13.2 Å². The lowest BCUT2D eigenvalue weighted by molar-refractivity contribution is -0.137. The fourth-order valence-corrected chi connectivity index (χ4v) is 3.00.